The Hall–Kier alpha value is -1.26. The molecule has 5 nitrogen and oxygen atoms in total. The number of nitrogens with zero attached hydrogens (tertiary/aromatic N) is 1. The van der Waals surface area contributed by atoms with Gasteiger partial charge in [-0.25, -0.2) is 9.59 Å². The number of carboxylic acid groups (broad SMARTS) is 1. The van der Waals surface area contributed by atoms with E-state index in [2.05, 4.69) is 19.2 Å². The molecule has 2 amide bonds. The van der Waals surface area contributed by atoms with Gasteiger partial charge in [0.25, 0.3) is 0 Å². The predicted octanol–water partition coefficient (Wildman–Crippen LogP) is 1.54. The number of hydrogen-bond donors (Lipinski definition) is 2. The number of nitrogens with one attached hydrogen (secondary N) is 1. The van der Waals surface area contributed by atoms with Crippen LogP contribution in [0.1, 0.15) is 33.6 Å². The van der Waals surface area contributed by atoms with Crippen LogP contribution in [0, 0.1) is 5.92 Å². The van der Waals surface area contributed by atoms with Crippen molar-refractivity contribution >= 4 is 12.0 Å². The zero-order chi connectivity index (χ0) is 12.7. The van der Waals surface area contributed by atoms with E-state index in [9.17, 15) is 9.59 Å². The summed E-state index contributed by atoms with van der Waals surface area (Å²) < 4.78 is 0. The van der Waals surface area contributed by atoms with Gasteiger partial charge in [0.05, 0.1) is 0 Å². The van der Waals surface area contributed by atoms with Crippen LogP contribution < -0.4 is 5.32 Å². The fourth-order valence-corrected chi connectivity index (χ4v) is 1.15. The molecule has 1 unspecified atom stereocenters. The first kappa shape index (κ1) is 14.7. The monoisotopic (exact) mass is 230 g/mol. The van der Waals surface area contributed by atoms with E-state index in [1.165, 1.54) is 4.90 Å². The first-order chi connectivity index (χ1) is 7.38. The van der Waals surface area contributed by atoms with Gasteiger partial charge in [-0.05, 0) is 18.8 Å². The van der Waals surface area contributed by atoms with E-state index in [4.69, 9.17) is 5.11 Å². The average molecular weight is 230 g/mol. The number of aliphatic carboxylic acids is 1. The second kappa shape index (κ2) is 7.09. The minimum atomic E-state index is -0.992. The molecule has 0 fully saturated rings. The molecule has 0 bridgehead atoms. The summed E-state index contributed by atoms with van der Waals surface area (Å²) >= 11 is 0. The van der Waals surface area contributed by atoms with Crippen LogP contribution in [0.4, 0.5) is 4.79 Å². The molecule has 0 saturated heterocycles. The van der Waals surface area contributed by atoms with Crippen molar-refractivity contribution in [2.45, 2.75) is 39.7 Å². The molecule has 0 saturated carbocycles. The molecule has 1 atom stereocenters. The minimum absolute atomic E-state index is 0.324. The Morgan fingerprint density at radius 1 is 1.38 bits per heavy atom. The minimum Gasteiger partial charge on any atom is -0.480 e. The SMILES string of the molecule is CCC(NC(=O)N(C)CCC(C)C)C(=O)O. The van der Waals surface area contributed by atoms with Crippen molar-refractivity contribution in [2.24, 2.45) is 5.92 Å². The van der Waals surface area contributed by atoms with Crippen LogP contribution in [-0.2, 0) is 4.79 Å². The lowest BCUT2D eigenvalue weighted by molar-refractivity contribution is -0.139. The molecule has 94 valence electrons. The van der Waals surface area contributed by atoms with E-state index in [-0.39, 0.29) is 6.03 Å². The number of carbonyl (C=O) groups excluding carboxylic acids is 1. The van der Waals surface area contributed by atoms with Gasteiger partial charge >= 0.3 is 12.0 Å². The van der Waals surface area contributed by atoms with Gasteiger partial charge in [-0.3, -0.25) is 0 Å². The highest BCUT2D eigenvalue weighted by molar-refractivity contribution is 5.82. The van der Waals surface area contributed by atoms with Crippen molar-refractivity contribution < 1.29 is 14.7 Å². The third-order valence-electron chi connectivity index (χ3n) is 2.39. The van der Waals surface area contributed by atoms with E-state index in [1.54, 1.807) is 14.0 Å². The molecular weight excluding hydrogens is 208 g/mol. The Balaban J connectivity index is 4.08. The van der Waals surface area contributed by atoms with Gasteiger partial charge < -0.3 is 15.3 Å². The first-order valence-electron chi connectivity index (χ1n) is 5.62. The van der Waals surface area contributed by atoms with Crippen molar-refractivity contribution in [3.63, 3.8) is 0 Å². The summed E-state index contributed by atoms with van der Waals surface area (Å²) in [7, 11) is 1.67. The molecule has 5 heteroatoms. The van der Waals surface area contributed by atoms with Crippen LogP contribution in [0.3, 0.4) is 0 Å². The second-order valence-electron chi connectivity index (χ2n) is 4.35. The smallest absolute Gasteiger partial charge is 0.326 e. The average Bonchev–Trinajstić information content (AvgIpc) is 2.21. The van der Waals surface area contributed by atoms with Crippen molar-refractivity contribution in [3.05, 3.63) is 0 Å². The Morgan fingerprint density at radius 2 is 1.94 bits per heavy atom. The highest BCUT2D eigenvalue weighted by Crippen LogP contribution is 2.01. The molecular formula is C11H22N2O3. The number of urea groups is 1. The van der Waals surface area contributed by atoms with Gasteiger partial charge in [0.1, 0.15) is 6.04 Å². The standard InChI is InChI=1S/C11H22N2O3/c1-5-9(10(14)15)12-11(16)13(4)7-6-8(2)3/h8-9H,5-7H2,1-4H3,(H,12,16)(H,14,15). The fourth-order valence-electron chi connectivity index (χ4n) is 1.15. The zero-order valence-electron chi connectivity index (χ0n) is 10.5. The maximum Gasteiger partial charge on any atom is 0.326 e. The van der Waals surface area contributed by atoms with Crippen LogP contribution in [-0.4, -0.2) is 41.6 Å². The first-order valence-corrected chi connectivity index (χ1v) is 5.62. The van der Waals surface area contributed by atoms with Crippen LogP contribution in [0.15, 0.2) is 0 Å². The molecule has 0 spiro atoms. The number of amides is 2. The van der Waals surface area contributed by atoms with Crippen molar-refractivity contribution in [2.75, 3.05) is 13.6 Å². The molecule has 0 rings (SSSR count). The van der Waals surface area contributed by atoms with Crippen molar-refractivity contribution in [1.29, 1.82) is 0 Å². The molecule has 0 aliphatic heterocycles. The number of carbonyl (C=O) groups is 2. The number of carboxylic acids is 1. The maximum atomic E-state index is 11.6. The molecule has 0 aromatic rings. The van der Waals surface area contributed by atoms with Crippen molar-refractivity contribution in [1.82, 2.24) is 10.2 Å². The molecule has 2 N–H and O–H groups in total. The van der Waals surface area contributed by atoms with E-state index in [0.29, 0.717) is 18.9 Å². The van der Waals surface area contributed by atoms with E-state index in [1.807, 2.05) is 0 Å². The van der Waals surface area contributed by atoms with E-state index < -0.39 is 12.0 Å². The third-order valence-corrected chi connectivity index (χ3v) is 2.39. The normalized spacial score (nSPS) is 12.3. The Labute approximate surface area is 96.8 Å². The summed E-state index contributed by atoms with van der Waals surface area (Å²) in [5.74, 6) is -0.468. The Morgan fingerprint density at radius 3 is 2.31 bits per heavy atom. The van der Waals surface area contributed by atoms with Gasteiger partial charge in [-0.2, -0.15) is 0 Å². The summed E-state index contributed by atoms with van der Waals surface area (Å²) in [5.41, 5.74) is 0. The predicted molar refractivity (Wildman–Crippen MR) is 62.3 cm³/mol. The van der Waals surface area contributed by atoms with Gasteiger partial charge in [0.2, 0.25) is 0 Å². The van der Waals surface area contributed by atoms with Crippen LogP contribution in [0.5, 0.6) is 0 Å². The molecule has 0 heterocycles. The van der Waals surface area contributed by atoms with Gasteiger partial charge in [-0.1, -0.05) is 20.8 Å². The summed E-state index contributed by atoms with van der Waals surface area (Å²) in [4.78, 5) is 23.8. The highest BCUT2D eigenvalue weighted by Gasteiger charge is 2.19. The summed E-state index contributed by atoms with van der Waals surface area (Å²) in [6.07, 6.45) is 1.30. The topological polar surface area (TPSA) is 69.6 Å². The number of hydrogen-bond acceptors (Lipinski definition) is 2. The molecule has 0 radical (unpaired) electrons. The van der Waals surface area contributed by atoms with Crippen LogP contribution in [0.2, 0.25) is 0 Å². The quantitative estimate of drug-likeness (QED) is 0.727. The highest BCUT2D eigenvalue weighted by atomic mass is 16.4. The summed E-state index contributed by atoms with van der Waals surface area (Å²) in [6.45, 7) is 6.53. The largest absolute Gasteiger partial charge is 0.480 e. The fraction of sp³-hybridized carbons (Fsp3) is 0.818. The Bertz CT molecular complexity index is 241. The lowest BCUT2D eigenvalue weighted by atomic mass is 10.1. The Kier molecular flexibility index (Phi) is 6.53. The lowest BCUT2D eigenvalue weighted by Crippen LogP contribution is -2.46. The summed E-state index contributed by atoms with van der Waals surface area (Å²) in [6, 6.07) is -1.12. The molecule has 0 aromatic heterocycles. The van der Waals surface area contributed by atoms with Crippen LogP contribution in [0.25, 0.3) is 0 Å². The third kappa shape index (κ3) is 5.58. The second-order valence-corrected chi connectivity index (χ2v) is 4.35. The molecule has 0 aromatic carbocycles. The van der Waals surface area contributed by atoms with Gasteiger partial charge in [0, 0.05) is 13.6 Å². The molecule has 0 aliphatic rings. The van der Waals surface area contributed by atoms with Gasteiger partial charge in [-0.15, -0.1) is 0 Å². The molecule has 0 aliphatic carbocycles. The lowest BCUT2D eigenvalue weighted by Gasteiger charge is -2.21. The number of rotatable bonds is 6. The van der Waals surface area contributed by atoms with Crippen LogP contribution >= 0.6 is 0 Å². The van der Waals surface area contributed by atoms with Gasteiger partial charge in [0.15, 0.2) is 0 Å². The molecule has 16 heavy (non-hydrogen) atoms. The summed E-state index contributed by atoms with van der Waals surface area (Å²) in [5, 5.41) is 11.3. The van der Waals surface area contributed by atoms with Crippen molar-refractivity contribution in [3.8, 4) is 0 Å². The van der Waals surface area contributed by atoms with E-state index >= 15 is 0 Å². The zero-order valence-corrected chi connectivity index (χ0v) is 10.5. The maximum absolute atomic E-state index is 11.6. The van der Waals surface area contributed by atoms with E-state index in [0.717, 1.165) is 6.42 Å².